The number of ether oxygens (including phenoxy) is 1. The Morgan fingerprint density at radius 1 is 1.53 bits per heavy atom. The van der Waals surface area contributed by atoms with Crippen molar-refractivity contribution in [1.82, 2.24) is 0 Å². The fourth-order valence-corrected chi connectivity index (χ4v) is 1.63. The third kappa shape index (κ3) is 2.86. The molecule has 1 unspecified atom stereocenters. The molecule has 82 valence electrons. The standard InChI is InChI=1S/C12H15ClO2/c1-8-2-5-10(6-11(8)13)15-7-12(14)9-3-4-9/h2,5-6,9,12,14H,3-4,7H2,1H3. The van der Waals surface area contributed by atoms with Gasteiger partial charge in [0.1, 0.15) is 12.4 Å². The highest BCUT2D eigenvalue weighted by molar-refractivity contribution is 6.31. The summed E-state index contributed by atoms with van der Waals surface area (Å²) in [4.78, 5) is 0. The summed E-state index contributed by atoms with van der Waals surface area (Å²) in [6.45, 7) is 2.31. The van der Waals surface area contributed by atoms with Crippen LogP contribution in [0.25, 0.3) is 0 Å². The molecule has 1 aromatic rings. The number of aliphatic hydroxyl groups excluding tert-OH is 1. The zero-order chi connectivity index (χ0) is 10.8. The highest BCUT2D eigenvalue weighted by Gasteiger charge is 2.29. The minimum atomic E-state index is -0.329. The summed E-state index contributed by atoms with van der Waals surface area (Å²) < 4.78 is 5.47. The molecular formula is C12H15ClO2. The summed E-state index contributed by atoms with van der Waals surface area (Å²) in [5.41, 5.74) is 1.03. The van der Waals surface area contributed by atoms with Gasteiger partial charge < -0.3 is 9.84 Å². The van der Waals surface area contributed by atoms with Crippen LogP contribution in [0, 0.1) is 12.8 Å². The number of hydrogen-bond donors (Lipinski definition) is 1. The largest absolute Gasteiger partial charge is 0.491 e. The van der Waals surface area contributed by atoms with Gasteiger partial charge in [-0.3, -0.25) is 0 Å². The molecule has 0 amide bonds. The van der Waals surface area contributed by atoms with Gasteiger partial charge in [-0.15, -0.1) is 0 Å². The van der Waals surface area contributed by atoms with Crippen molar-refractivity contribution in [3.05, 3.63) is 28.8 Å². The van der Waals surface area contributed by atoms with Crippen molar-refractivity contribution in [2.75, 3.05) is 6.61 Å². The monoisotopic (exact) mass is 226 g/mol. The van der Waals surface area contributed by atoms with Gasteiger partial charge in [0.05, 0.1) is 6.10 Å². The van der Waals surface area contributed by atoms with Crippen LogP contribution in [0.1, 0.15) is 18.4 Å². The van der Waals surface area contributed by atoms with Gasteiger partial charge in [0, 0.05) is 5.02 Å². The Bertz CT molecular complexity index is 347. The average Bonchev–Trinajstić information content (AvgIpc) is 3.03. The van der Waals surface area contributed by atoms with Crippen molar-refractivity contribution in [2.45, 2.75) is 25.9 Å². The molecule has 1 aromatic carbocycles. The first-order valence-electron chi connectivity index (χ1n) is 5.24. The Kier molecular flexibility index (Phi) is 3.17. The number of aliphatic hydroxyl groups is 1. The van der Waals surface area contributed by atoms with Gasteiger partial charge in [0.25, 0.3) is 0 Å². The van der Waals surface area contributed by atoms with Crippen LogP contribution in [-0.2, 0) is 0 Å². The molecule has 1 N–H and O–H groups in total. The van der Waals surface area contributed by atoms with E-state index in [0.717, 1.165) is 24.2 Å². The summed E-state index contributed by atoms with van der Waals surface area (Å²) in [5, 5.41) is 10.3. The lowest BCUT2D eigenvalue weighted by molar-refractivity contribution is 0.0894. The molecule has 1 aliphatic carbocycles. The number of aryl methyl sites for hydroxylation is 1. The molecule has 3 heteroatoms. The number of rotatable bonds is 4. The second kappa shape index (κ2) is 4.42. The minimum Gasteiger partial charge on any atom is -0.491 e. The predicted octanol–water partition coefficient (Wildman–Crippen LogP) is 2.80. The third-order valence-electron chi connectivity index (χ3n) is 2.73. The highest BCUT2D eigenvalue weighted by atomic mass is 35.5. The number of hydrogen-bond acceptors (Lipinski definition) is 2. The average molecular weight is 227 g/mol. The van der Waals surface area contributed by atoms with E-state index in [0.29, 0.717) is 17.5 Å². The Morgan fingerprint density at radius 3 is 2.87 bits per heavy atom. The highest BCUT2D eigenvalue weighted by Crippen LogP contribution is 2.33. The number of halogens is 1. The second-order valence-corrected chi connectivity index (χ2v) is 4.53. The molecule has 0 saturated heterocycles. The smallest absolute Gasteiger partial charge is 0.120 e. The van der Waals surface area contributed by atoms with Crippen LogP contribution in [0.2, 0.25) is 5.02 Å². The topological polar surface area (TPSA) is 29.5 Å². The lowest BCUT2D eigenvalue weighted by Gasteiger charge is -2.11. The van der Waals surface area contributed by atoms with Crippen LogP contribution >= 0.6 is 11.6 Å². The fraction of sp³-hybridized carbons (Fsp3) is 0.500. The van der Waals surface area contributed by atoms with Gasteiger partial charge in [-0.1, -0.05) is 17.7 Å². The van der Waals surface area contributed by atoms with Crippen molar-refractivity contribution in [3.63, 3.8) is 0 Å². The van der Waals surface area contributed by atoms with Crippen LogP contribution in [-0.4, -0.2) is 17.8 Å². The Labute approximate surface area is 94.8 Å². The molecule has 0 radical (unpaired) electrons. The van der Waals surface area contributed by atoms with Gasteiger partial charge in [-0.25, -0.2) is 0 Å². The molecule has 1 aliphatic rings. The van der Waals surface area contributed by atoms with E-state index in [1.165, 1.54) is 0 Å². The summed E-state index contributed by atoms with van der Waals surface area (Å²) >= 11 is 5.96. The molecule has 0 spiro atoms. The van der Waals surface area contributed by atoms with E-state index in [1.807, 2.05) is 19.1 Å². The van der Waals surface area contributed by atoms with Crippen LogP contribution in [0.15, 0.2) is 18.2 Å². The van der Waals surface area contributed by atoms with Crippen LogP contribution in [0.3, 0.4) is 0 Å². The SMILES string of the molecule is Cc1ccc(OCC(O)C2CC2)cc1Cl. The first kappa shape index (κ1) is 10.8. The zero-order valence-electron chi connectivity index (χ0n) is 8.74. The van der Waals surface area contributed by atoms with Crippen molar-refractivity contribution in [1.29, 1.82) is 0 Å². The summed E-state index contributed by atoms with van der Waals surface area (Å²) in [5.74, 6) is 1.18. The van der Waals surface area contributed by atoms with Crippen molar-refractivity contribution >= 4 is 11.6 Å². The van der Waals surface area contributed by atoms with E-state index in [9.17, 15) is 5.11 Å². The van der Waals surface area contributed by atoms with Crippen molar-refractivity contribution < 1.29 is 9.84 Å². The van der Waals surface area contributed by atoms with Gasteiger partial charge in [-0.2, -0.15) is 0 Å². The molecular weight excluding hydrogens is 212 g/mol. The minimum absolute atomic E-state index is 0.329. The zero-order valence-corrected chi connectivity index (χ0v) is 9.50. The molecule has 0 heterocycles. The number of benzene rings is 1. The van der Waals surface area contributed by atoms with E-state index >= 15 is 0 Å². The van der Waals surface area contributed by atoms with E-state index < -0.39 is 0 Å². The van der Waals surface area contributed by atoms with Gasteiger partial charge in [-0.05, 0) is 43.4 Å². The third-order valence-corrected chi connectivity index (χ3v) is 3.14. The van der Waals surface area contributed by atoms with Crippen molar-refractivity contribution in [2.24, 2.45) is 5.92 Å². The predicted molar refractivity (Wildman–Crippen MR) is 60.4 cm³/mol. The van der Waals surface area contributed by atoms with Gasteiger partial charge >= 0.3 is 0 Å². The second-order valence-electron chi connectivity index (χ2n) is 4.13. The van der Waals surface area contributed by atoms with E-state index in [-0.39, 0.29) is 6.10 Å². The van der Waals surface area contributed by atoms with E-state index in [2.05, 4.69) is 0 Å². The molecule has 15 heavy (non-hydrogen) atoms. The molecule has 0 aliphatic heterocycles. The van der Waals surface area contributed by atoms with Crippen LogP contribution < -0.4 is 4.74 Å². The van der Waals surface area contributed by atoms with E-state index in [1.54, 1.807) is 6.07 Å². The Hall–Kier alpha value is -0.730. The van der Waals surface area contributed by atoms with Gasteiger partial charge in [0.2, 0.25) is 0 Å². The Balaban J connectivity index is 1.89. The summed E-state index contributed by atoms with van der Waals surface area (Å²) in [6, 6.07) is 5.58. The van der Waals surface area contributed by atoms with Crippen LogP contribution in [0.5, 0.6) is 5.75 Å². The first-order chi connectivity index (χ1) is 7.16. The van der Waals surface area contributed by atoms with Gasteiger partial charge in [0.15, 0.2) is 0 Å². The summed E-state index contributed by atoms with van der Waals surface area (Å²) in [6.07, 6.45) is 1.92. The molecule has 1 fully saturated rings. The maximum Gasteiger partial charge on any atom is 0.120 e. The van der Waals surface area contributed by atoms with Crippen LogP contribution in [0.4, 0.5) is 0 Å². The molecule has 0 bridgehead atoms. The molecule has 2 rings (SSSR count). The lowest BCUT2D eigenvalue weighted by Crippen LogP contribution is -2.19. The maximum atomic E-state index is 9.62. The molecule has 1 atom stereocenters. The van der Waals surface area contributed by atoms with E-state index in [4.69, 9.17) is 16.3 Å². The molecule has 1 saturated carbocycles. The summed E-state index contributed by atoms with van der Waals surface area (Å²) in [7, 11) is 0. The lowest BCUT2D eigenvalue weighted by atomic mass is 10.2. The van der Waals surface area contributed by atoms with Crippen molar-refractivity contribution in [3.8, 4) is 5.75 Å². The molecule has 0 aromatic heterocycles. The normalized spacial score (nSPS) is 17.5. The Morgan fingerprint density at radius 2 is 2.27 bits per heavy atom. The first-order valence-corrected chi connectivity index (χ1v) is 5.61. The fourth-order valence-electron chi connectivity index (χ4n) is 1.46. The maximum absolute atomic E-state index is 9.62. The molecule has 2 nitrogen and oxygen atoms in total. The quantitative estimate of drug-likeness (QED) is 0.856.